The highest BCUT2D eigenvalue weighted by Gasteiger charge is 2.24. The number of nitrogens with one attached hydrogen (secondary N) is 2. The zero-order chi connectivity index (χ0) is 30.6. The van der Waals surface area contributed by atoms with Crippen LogP contribution in [0.5, 0.6) is 0 Å². The summed E-state index contributed by atoms with van der Waals surface area (Å²) in [5.74, 6) is 0. The van der Waals surface area contributed by atoms with Crippen LogP contribution in [0.3, 0.4) is 0 Å². The number of benzene rings is 2. The fourth-order valence-corrected chi connectivity index (χ4v) is 7.29. The number of nitrogens with zero attached hydrogens (tertiary/aromatic N) is 4. The van der Waals surface area contributed by atoms with Gasteiger partial charge in [-0.1, -0.05) is 48.2 Å². The first kappa shape index (κ1) is 32.7. The number of quaternary nitrogens is 1. The van der Waals surface area contributed by atoms with Gasteiger partial charge in [0.2, 0.25) is 5.52 Å². The molecule has 7 heteroatoms. The summed E-state index contributed by atoms with van der Waals surface area (Å²) in [5, 5.41) is 9.80. The zero-order valence-corrected chi connectivity index (χ0v) is 28.1. The summed E-state index contributed by atoms with van der Waals surface area (Å²) in [6.45, 7) is 11.1. The van der Waals surface area contributed by atoms with Crippen molar-refractivity contribution < 1.29 is 9.05 Å². The van der Waals surface area contributed by atoms with E-state index < -0.39 is 0 Å². The highest BCUT2D eigenvalue weighted by atomic mass is 32.2. The van der Waals surface area contributed by atoms with Crippen LogP contribution in [0.1, 0.15) is 37.7 Å². The number of anilines is 1. The number of unbranched alkanes of at least 4 members (excludes halogenated alkanes) is 2. The van der Waals surface area contributed by atoms with Crippen LogP contribution in [-0.4, -0.2) is 89.4 Å². The summed E-state index contributed by atoms with van der Waals surface area (Å²) < 4.78 is 3.48. The number of hydrogen-bond acceptors (Lipinski definition) is 5. The Bertz CT molecular complexity index is 1380. The van der Waals surface area contributed by atoms with Crippen molar-refractivity contribution in [3.63, 3.8) is 0 Å². The highest BCUT2D eigenvalue weighted by Crippen LogP contribution is 2.45. The second-order valence-electron chi connectivity index (χ2n) is 13.2. The molecule has 1 aromatic heterocycles. The molecule has 0 saturated carbocycles. The molecule has 44 heavy (non-hydrogen) atoms. The number of para-hydroxylation sites is 2. The van der Waals surface area contributed by atoms with Gasteiger partial charge in [-0.05, 0) is 68.6 Å². The molecule has 2 N–H and O–H groups in total. The van der Waals surface area contributed by atoms with E-state index in [0.29, 0.717) is 0 Å². The van der Waals surface area contributed by atoms with Crippen molar-refractivity contribution in [1.29, 1.82) is 0 Å². The van der Waals surface area contributed by atoms with Gasteiger partial charge in [0.25, 0.3) is 0 Å². The standard InChI is InChI=1S/C37H54N6S/c1-43(2,3)31-10-4-9-27-42-35-17-7-8-18-36(35)44-37(42)19-11-14-32-20-28-41(34-16-6-5-15-33(32)34)26-13-25-40-29-23-38-21-12-22-39-24-30-40/h5-8,11,14-20,28,38-39H,4,9-10,12-13,21-27,29-31H2,1-3H3/q+2. The summed E-state index contributed by atoms with van der Waals surface area (Å²) >= 11 is 1.90. The van der Waals surface area contributed by atoms with E-state index in [1.165, 1.54) is 64.3 Å². The summed E-state index contributed by atoms with van der Waals surface area (Å²) in [5.41, 5.74) is 3.93. The third-order valence-electron chi connectivity index (χ3n) is 8.61. The lowest BCUT2D eigenvalue weighted by Gasteiger charge is -2.24. The van der Waals surface area contributed by atoms with Crippen LogP contribution < -0.4 is 20.1 Å². The van der Waals surface area contributed by atoms with E-state index in [-0.39, 0.29) is 0 Å². The molecule has 0 amide bonds. The molecule has 0 aliphatic carbocycles. The number of allylic oxidation sites excluding steroid dienone is 2. The number of pyridine rings is 1. The number of aromatic nitrogens is 1. The van der Waals surface area contributed by atoms with Gasteiger partial charge in [0, 0.05) is 62.7 Å². The number of thioether (sulfide) groups is 1. The third kappa shape index (κ3) is 9.66. The van der Waals surface area contributed by atoms with E-state index in [9.17, 15) is 0 Å². The highest BCUT2D eigenvalue weighted by molar-refractivity contribution is 8.03. The first-order chi connectivity index (χ1) is 21.5. The minimum atomic E-state index is 1.03. The largest absolute Gasteiger partial charge is 0.335 e. The van der Waals surface area contributed by atoms with Crippen molar-refractivity contribution in [2.24, 2.45) is 0 Å². The summed E-state index contributed by atoms with van der Waals surface area (Å²) in [6.07, 6.45) is 15.3. The summed E-state index contributed by atoms with van der Waals surface area (Å²) in [4.78, 5) is 6.49. The molecule has 2 aromatic carbocycles. The van der Waals surface area contributed by atoms with Gasteiger partial charge >= 0.3 is 0 Å². The molecule has 0 unspecified atom stereocenters. The van der Waals surface area contributed by atoms with Crippen LogP contribution in [0.25, 0.3) is 17.0 Å². The first-order valence-electron chi connectivity index (χ1n) is 16.8. The first-order valence-corrected chi connectivity index (χ1v) is 17.6. The fourth-order valence-electron chi connectivity index (χ4n) is 6.19. The molecule has 5 rings (SSSR count). The second-order valence-corrected chi connectivity index (χ2v) is 14.3. The molecule has 3 aromatic rings. The Kier molecular flexibility index (Phi) is 12.3. The predicted molar refractivity (Wildman–Crippen MR) is 189 cm³/mol. The Balaban J connectivity index is 1.23. The lowest BCUT2D eigenvalue weighted by molar-refractivity contribution is -0.870. The maximum absolute atomic E-state index is 3.58. The van der Waals surface area contributed by atoms with Crippen molar-refractivity contribution in [3.8, 4) is 0 Å². The maximum Gasteiger partial charge on any atom is 0.213 e. The van der Waals surface area contributed by atoms with Gasteiger partial charge in [0.1, 0.15) is 6.54 Å². The van der Waals surface area contributed by atoms with E-state index in [1.807, 2.05) is 11.8 Å². The van der Waals surface area contributed by atoms with Gasteiger partial charge < -0.3 is 24.9 Å². The molecule has 0 bridgehead atoms. The topological polar surface area (TPSA) is 34.4 Å². The third-order valence-corrected chi connectivity index (χ3v) is 9.74. The molecule has 236 valence electrons. The minimum absolute atomic E-state index is 1.03. The number of rotatable bonds is 12. The van der Waals surface area contributed by atoms with E-state index in [4.69, 9.17) is 0 Å². The number of aryl methyl sites for hydroxylation is 1. The molecular formula is C37H54N6S+2. The van der Waals surface area contributed by atoms with Crippen LogP contribution in [0.4, 0.5) is 5.69 Å². The zero-order valence-electron chi connectivity index (χ0n) is 27.3. The number of hydrogen-bond donors (Lipinski definition) is 2. The average molecular weight is 615 g/mol. The molecule has 0 spiro atoms. The average Bonchev–Trinajstić information content (AvgIpc) is 3.37. The van der Waals surface area contributed by atoms with Crippen molar-refractivity contribution in [2.75, 3.05) is 84.9 Å². The molecule has 0 atom stereocenters. The molecule has 3 heterocycles. The van der Waals surface area contributed by atoms with Crippen LogP contribution in [0.15, 0.2) is 82.9 Å². The van der Waals surface area contributed by atoms with Crippen LogP contribution in [0, 0.1) is 0 Å². The van der Waals surface area contributed by atoms with Gasteiger partial charge in [0.15, 0.2) is 6.20 Å². The van der Waals surface area contributed by atoms with Crippen molar-refractivity contribution in [2.45, 2.75) is 43.5 Å². The molecule has 0 radical (unpaired) electrons. The lowest BCUT2D eigenvalue weighted by atomic mass is 10.1. The van der Waals surface area contributed by atoms with Crippen LogP contribution >= 0.6 is 11.8 Å². The SMILES string of the molecule is C[N+](C)(C)CCCCCN1/C(=C\C=C/c2cc[n+](CCCN3CCNCCCNCC3)c3ccccc23)Sc2ccccc21. The van der Waals surface area contributed by atoms with Crippen molar-refractivity contribution in [3.05, 3.63) is 83.5 Å². The Hall–Kier alpha value is -2.68. The summed E-state index contributed by atoms with van der Waals surface area (Å²) in [7, 11) is 6.85. The number of fused-ring (bicyclic) bond motifs is 2. The van der Waals surface area contributed by atoms with Gasteiger partial charge in [-0.3, -0.25) is 0 Å². The van der Waals surface area contributed by atoms with Gasteiger partial charge in [0.05, 0.1) is 43.8 Å². The second kappa shape index (κ2) is 16.6. The molecule has 6 nitrogen and oxygen atoms in total. The molecule has 2 aliphatic heterocycles. The Morgan fingerprint density at radius 2 is 1.61 bits per heavy atom. The van der Waals surface area contributed by atoms with E-state index in [1.54, 1.807) is 0 Å². The van der Waals surface area contributed by atoms with Crippen LogP contribution in [-0.2, 0) is 6.54 Å². The van der Waals surface area contributed by atoms with Gasteiger partial charge in [-0.25, -0.2) is 0 Å². The predicted octanol–water partition coefficient (Wildman–Crippen LogP) is 5.75. The van der Waals surface area contributed by atoms with E-state index >= 15 is 0 Å². The van der Waals surface area contributed by atoms with Gasteiger partial charge in [-0.2, -0.15) is 4.57 Å². The molecule has 2 aliphatic rings. The Labute approximate surface area is 270 Å². The Morgan fingerprint density at radius 1 is 0.841 bits per heavy atom. The van der Waals surface area contributed by atoms with E-state index in [2.05, 4.69) is 125 Å². The molecule has 1 saturated heterocycles. The fraction of sp³-hybridized carbons (Fsp3) is 0.486. The quantitative estimate of drug-likeness (QED) is 0.154. The smallest absolute Gasteiger partial charge is 0.213 e. The maximum atomic E-state index is 3.58. The normalized spacial score (nSPS) is 18.0. The van der Waals surface area contributed by atoms with E-state index in [0.717, 1.165) is 69.8 Å². The van der Waals surface area contributed by atoms with Crippen LogP contribution in [0.2, 0.25) is 0 Å². The van der Waals surface area contributed by atoms with Gasteiger partial charge in [-0.15, -0.1) is 0 Å². The minimum Gasteiger partial charge on any atom is -0.335 e. The van der Waals surface area contributed by atoms with Crippen molar-refractivity contribution >= 4 is 34.4 Å². The molecule has 1 fully saturated rings. The summed E-state index contributed by atoms with van der Waals surface area (Å²) in [6, 6.07) is 20.0. The molecular weight excluding hydrogens is 561 g/mol. The Morgan fingerprint density at radius 3 is 2.43 bits per heavy atom. The van der Waals surface area contributed by atoms with Crippen molar-refractivity contribution in [1.82, 2.24) is 15.5 Å². The lowest BCUT2D eigenvalue weighted by Crippen LogP contribution is -2.42. The monoisotopic (exact) mass is 614 g/mol.